The van der Waals surface area contributed by atoms with Crippen LogP contribution in [0.4, 0.5) is 0 Å². The van der Waals surface area contributed by atoms with E-state index in [-0.39, 0.29) is 17.2 Å². The van der Waals surface area contributed by atoms with Gasteiger partial charge in [0, 0.05) is 42.8 Å². The molecule has 0 unspecified atom stereocenters. The second-order valence-corrected chi connectivity index (χ2v) is 6.92. The molecule has 0 spiro atoms. The van der Waals surface area contributed by atoms with Crippen LogP contribution < -0.4 is 14.9 Å². The van der Waals surface area contributed by atoms with Crippen LogP contribution in [0.25, 0.3) is 0 Å². The summed E-state index contributed by atoms with van der Waals surface area (Å²) in [6.45, 7) is 3.09. The number of nitrogens with zero attached hydrogens (tertiary/aromatic N) is 2. The molecular formula is C20H21N3O3S. The summed E-state index contributed by atoms with van der Waals surface area (Å²) in [7, 11) is 0. The lowest BCUT2D eigenvalue weighted by Crippen LogP contribution is -2.26. The molecule has 0 aliphatic carbocycles. The first kappa shape index (κ1) is 18.8. The van der Waals surface area contributed by atoms with Gasteiger partial charge in [-0.1, -0.05) is 41.7 Å². The largest absolute Gasteiger partial charge is 0.473 e. The number of hydrogen-bond acceptors (Lipinski definition) is 5. The van der Waals surface area contributed by atoms with E-state index in [1.54, 1.807) is 16.1 Å². The molecule has 0 saturated carbocycles. The molecule has 0 saturated heterocycles. The van der Waals surface area contributed by atoms with Gasteiger partial charge in [0.1, 0.15) is 6.61 Å². The van der Waals surface area contributed by atoms with Gasteiger partial charge >= 0.3 is 4.87 Å². The van der Waals surface area contributed by atoms with Gasteiger partial charge in [-0.05, 0) is 24.1 Å². The van der Waals surface area contributed by atoms with E-state index in [2.05, 4.69) is 10.3 Å². The molecule has 6 nitrogen and oxygen atoms in total. The van der Waals surface area contributed by atoms with Crippen LogP contribution in [0.1, 0.15) is 23.2 Å². The minimum atomic E-state index is -0.101. The smallest absolute Gasteiger partial charge is 0.307 e. The zero-order chi connectivity index (χ0) is 19.1. The second kappa shape index (κ2) is 9.14. The number of pyridine rings is 1. The van der Waals surface area contributed by atoms with Crippen molar-refractivity contribution in [2.24, 2.45) is 0 Å². The van der Waals surface area contributed by atoms with Gasteiger partial charge in [0.25, 0.3) is 0 Å². The Bertz CT molecular complexity index is 950. The highest BCUT2D eigenvalue weighted by atomic mass is 32.1. The summed E-state index contributed by atoms with van der Waals surface area (Å²) in [4.78, 5) is 27.9. The normalized spacial score (nSPS) is 10.6. The predicted molar refractivity (Wildman–Crippen MR) is 105 cm³/mol. The first-order valence-electron chi connectivity index (χ1n) is 8.65. The van der Waals surface area contributed by atoms with Crippen molar-refractivity contribution in [2.45, 2.75) is 33.0 Å². The second-order valence-electron chi connectivity index (χ2n) is 6.10. The summed E-state index contributed by atoms with van der Waals surface area (Å²) in [5, 5.41) is 4.67. The number of ether oxygens (including phenoxy) is 1. The first-order valence-corrected chi connectivity index (χ1v) is 9.53. The molecule has 27 heavy (non-hydrogen) atoms. The minimum absolute atomic E-state index is 0.0327. The highest BCUT2D eigenvalue weighted by Crippen LogP contribution is 2.12. The van der Waals surface area contributed by atoms with Crippen LogP contribution in [0.15, 0.2) is 58.8 Å². The predicted octanol–water partition coefficient (Wildman–Crippen LogP) is 2.90. The molecule has 0 aliphatic heterocycles. The van der Waals surface area contributed by atoms with Crippen LogP contribution in [-0.2, 0) is 24.5 Å². The molecule has 0 radical (unpaired) electrons. The Balaban J connectivity index is 1.47. The molecule has 1 amide bonds. The quantitative estimate of drug-likeness (QED) is 0.649. The molecule has 0 bridgehead atoms. The number of hydrogen-bond donors (Lipinski definition) is 1. The topological polar surface area (TPSA) is 73.2 Å². The Morgan fingerprint density at radius 1 is 1.22 bits per heavy atom. The van der Waals surface area contributed by atoms with E-state index in [4.69, 9.17) is 4.74 Å². The fraction of sp³-hybridized carbons (Fsp3) is 0.250. The van der Waals surface area contributed by atoms with Crippen molar-refractivity contribution in [1.82, 2.24) is 14.9 Å². The Morgan fingerprint density at radius 3 is 2.78 bits per heavy atom. The zero-order valence-electron chi connectivity index (χ0n) is 15.1. The Labute approximate surface area is 161 Å². The number of rotatable bonds is 8. The van der Waals surface area contributed by atoms with E-state index in [9.17, 15) is 9.59 Å². The van der Waals surface area contributed by atoms with Gasteiger partial charge in [0.2, 0.25) is 11.8 Å². The monoisotopic (exact) mass is 383 g/mol. The number of amides is 1. The van der Waals surface area contributed by atoms with E-state index in [1.165, 1.54) is 0 Å². The molecule has 0 aliphatic rings. The Kier molecular flexibility index (Phi) is 6.38. The fourth-order valence-corrected chi connectivity index (χ4v) is 3.31. The fourth-order valence-electron chi connectivity index (χ4n) is 2.55. The van der Waals surface area contributed by atoms with Gasteiger partial charge < -0.3 is 14.6 Å². The third kappa shape index (κ3) is 5.52. The molecule has 0 fully saturated rings. The van der Waals surface area contributed by atoms with Crippen LogP contribution >= 0.6 is 11.3 Å². The summed E-state index contributed by atoms with van der Waals surface area (Å²) >= 11 is 1.15. The van der Waals surface area contributed by atoms with Gasteiger partial charge in [-0.25, -0.2) is 4.98 Å². The molecule has 1 N–H and O–H groups in total. The lowest BCUT2D eigenvalue weighted by Gasteiger charge is -2.09. The van der Waals surface area contributed by atoms with Crippen LogP contribution in [0.5, 0.6) is 5.88 Å². The first-order chi connectivity index (χ1) is 13.1. The molecular weight excluding hydrogens is 362 g/mol. The van der Waals surface area contributed by atoms with E-state index in [0.29, 0.717) is 25.6 Å². The number of nitrogens with one attached hydrogen (secondary N) is 1. The summed E-state index contributed by atoms with van der Waals surface area (Å²) < 4.78 is 7.32. The zero-order valence-corrected chi connectivity index (χ0v) is 15.9. The van der Waals surface area contributed by atoms with E-state index in [1.807, 2.05) is 49.4 Å². The minimum Gasteiger partial charge on any atom is -0.473 e. The standard InChI is InChI=1S/C20H21N3O3S/c1-15-14-27-20(25)23(15)10-8-18(24)22-12-17-7-9-21-19(11-17)26-13-16-5-3-2-4-6-16/h2-7,9,11,14H,8,10,12-13H2,1H3,(H,22,24). The molecule has 7 heteroatoms. The van der Waals surface area contributed by atoms with Crippen molar-refractivity contribution < 1.29 is 9.53 Å². The van der Waals surface area contributed by atoms with E-state index in [0.717, 1.165) is 28.2 Å². The Hall–Kier alpha value is -2.93. The van der Waals surface area contributed by atoms with Crippen LogP contribution in [0.2, 0.25) is 0 Å². The summed E-state index contributed by atoms with van der Waals surface area (Å²) in [5.41, 5.74) is 2.86. The maximum atomic E-state index is 12.1. The van der Waals surface area contributed by atoms with E-state index < -0.39 is 0 Å². The van der Waals surface area contributed by atoms with Crippen LogP contribution in [0.3, 0.4) is 0 Å². The van der Waals surface area contributed by atoms with Crippen molar-refractivity contribution in [3.05, 3.63) is 80.5 Å². The molecule has 1 aromatic carbocycles. The van der Waals surface area contributed by atoms with Crippen molar-refractivity contribution in [3.63, 3.8) is 0 Å². The average molecular weight is 383 g/mol. The summed E-state index contributed by atoms with van der Waals surface area (Å²) in [6, 6.07) is 13.5. The molecule has 2 heterocycles. The van der Waals surface area contributed by atoms with Crippen molar-refractivity contribution >= 4 is 17.2 Å². The average Bonchev–Trinajstić information content (AvgIpc) is 3.02. The Morgan fingerprint density at radius 2 is 2.04 bits per heavy atom. The molecule has 3 rings (SSSR count). The van der Waals surface area contributed by atoms with Gasteiger partial charge in [-0.2, -0.15) is 0 Å². The number of benzene rings is 1. The highest BCUT2D eigenvalue weighted by molar-refractivity contribution is 7.07. The number of thiazole rings is 1. The number of carbonyl (C=O) groups excluding carboxylic acids is 1. The summed E-state index contributed by atoms with van der Waals surface area (Å²) in [6.07, 6.45) is 1.93. The highest BCUT2D eigenvalue weighted by Gasteiger charge is 2.07. The third-order valence-electron chi connectivity index (χ3n) is 4.06. The van der Waals surface area contributed by atoms with Crippen molar-refractivity contribution in [1.29, 1.82) is 0 Å². The number of aromatic nitrogens is 2. The van der Waals surface area contributed by atoms with Crippen LogP contribution in [-0.4, -0.2) is 15.5 Å². The van der Waals surface area contributed by atoms with E-state index >= 15 is 0 Å². The van der Waals surface area contributed by atoms with Gasteiger partial charge in [-0.3, -0.25) is 9.59 Å². The van der Waals surface area contributed by atoms with Crippen LogP contribution in [0, 0.1) is 6.92 Å². The van der Waals surface area contributed by atoms with Gasteiger partial charge in [0.05, 0.1) is 0 Å². The number of carbonyl (C=O) groups is 1. The van der Waals surface area contributed by atoms with Gasteiger partial charge in [-0.15, -0.1) is 0 Å². The third-order valence-corrected chi connectivity index (χ3v) is 4.94. The van der Waals surface area contributed by atoms with Gasteiger partial charge in [0.15, 0.2) is 0 Å². The number of aryl methyl sites for hydroxylation is 1. The molecule has 3 aromatic rings. The molecule has 140 valence electrons. The maximum absolute atomic E-state index is 12.1. The van der Waals surface area contributed by atoms with Crippen molar-refractivity contribution in [3.8, 4) is 5.88 Å². The maximum Gasteiger partial charge on any atom is 0.307 e. The molecule has 0 atom stereocenters. The lowest BCUT2D eigenvalue weighted by molar-refractivity contribution is -0.121. The summed E-state index contributed by atoms with van der Waals surface area (Å²) in [5.74, 6) is 0.419. The lowest BCUT2D eigenvalue weighted by atomic mass is 10.2. The van der Waals surface area contributed by atoms with Crippen molar-refractivity contribution in [2.75, 3.05) is 0 Å². The SMILES string of the molecule is Cc1csc(=O)n1CCC(=O)NCc1ccnc(OCc2ccccc2)c1. The molecule has 2 aromatic heterocycles.